The molecule has 0 atom stereocenters. The molecule has 0 aliphatic carbocycles. The van der Waals surface area contributed by atoms with Gasteiger partial charge in [0.2, 0.25) is 0 Å². The average Bonchev–Trinajstić information content (AvgIpc) is 2.01. The van der Waals surface area contributed by atoms with Gasteiger partial charge < -0.3 is 0 Å². The first kappa shape index (κ1) is 11.7. The van der Waals surface area contributed by atoms with Gasteiger partial charge >= 0.3 is 0 Å². The van der Waals surface area contributed by atoms with E-state index in [0.29, 0.717) is 6.42 Å². The van der Waals surface area contributed by atoms with Crippen molar-refractivity contribution < 1.29 is 9.59 Å². The molecule has 0 rings (SSSR count). The van der Waals surface area contributed by atoms with Crippen molar-refractivity contribution in [1.82, 2.24) is 0 Å². The van der Waals surface area contributed by atoms with Crippen molar-refractivity contribution >= 4 is 22.7 Å². The molecule has 0 saturated heterocycles. The first-order chi connectivity index (χ1) is 5.70. The summed E-state index contributed by atoms with van der Waals surface area (Å²) in [6.07, 6.45) is 2.61. The molecule has 0 aromatic heterocycles. The second kappa shape index (κ2) is 7.35. The minimum atomic E-state index is 0.0126. The van der Waals surface area contributed by atoms with Crippen molar-refractivity contribution in [2.75, 3.05) is 5.75 Å². The topological polar surface area (TPSA) is 34.1 Å². The number of carbonyl (C=O) groups excluding carboxylic acids is 2. The SMILES string of the molecule is CCCCC(=O)CC(=O)SCC. The number of hydrogen-bond donors (Lipinski definition) is 0. The van der Waals surface area contributed by atoms with Crippen molar-refractivity contribution in [1.29, 1.82) is 0 Å². The third-order valence-corrected chi connectivity index (χ3v) is 2.21. The molecule has 0 fully saturated rings. The highest BCUT2D eigenvalue weighted by Gasteiger charge is 2.07. The number of thioether (sulfide) groups is 1. The zero-order valence-corrected chi connectivity index (χ0v) is 8.58. The molecule has 0 amide bonds. The molecule has 0 N–H and O–H groups in total. The third-order valence-electron chi connectivity index (χ3n) is 1.46. The molecule has 0 saturated carbocycles. The van der Waals surface area contributed by atoms with E-state index in [1.54, 1.807) is 0 Å². The molecular weight excluding hydrogens is 172 g/mol. The van der Waals surface area contributed by atoms with Crippen LogP contribution in [0.5, 0.6) is 0 Å². The van der Waals surface area contributed by atoms with E-state index in [1.807, 2.05) is 13.8 Å². The Morgan fingerprint density at radius 2 is 1.92 bits per heavy atom. The van der Waals surface area contributed by atoms with E-state index in [4.69, 9.17) is 0 Å². The van der Waals surface area contributed by atoms with Gasteiger partial charge in [-0.3, -0.25) is 9.59 Å². The lowest BCUT2D eigenvalue weighted by Gasteiger charge is -1.97. The predicted octanol–water partition coefficient (Wildman–Crippen LogP) is 2.42. The highest BCUT2D eigenvalue weighted by Crippen LogP contribution is 2.07. The van der Waals surface area contributed by atoms with Crippen LogP contribution in [0.25, 0.3) is 0 Å². The van der Waals surface area contributed by atoms with Gasteiger partial charge in [-0.25, -0.2) is 0 Å². The quantitative estimate of drug-likeness (QED) is 0.600. The zero-order valence-electron chi connectivity index (χ0n) is 7.76. The summed E-state index contributed by atoms with van der Waals surface area (Å²) in [6, 6.07) is 0. The molecular formula is C9H16O2S. The van der Waals surface area contributed by atoms with Crippen molar-refractivity contribution in [3.05, 3.63) is 0 Å². The summed E-state index contributed by atoms with van der Waals surface area (Å²) in [5, 5.41) is 0.0126. The average molecular weight is 188 g/mol. The minimum absolute atomic E-state index is 0.0126. The van der Waals surface area contributed by atoms with Crippen LogP contribution in [-0.4, -0.2) is 16.7 Å². The summed E-state index contributed by atoms with van der Waals surface area (Å²) in [5.41, 5.74) is 0. The standard InChI is InChI=1S/C9H16O2S/c1-3-5-6-8(10)7-9(11)12-4-2/h3-7H2,1-2H3. The van der Waals surface area contributed by atoms with Gasteiger partial charge in [-0.1, -0.05) is 32.0 Å². The maximum atomic E-state index is 11.1. The van der Waals surface area contributed by atoms with Gasteiger partial charge in [0.15, 0.2) is 5.12 Å². The van der Waals surface area contributed by atoms with E-state index in [1.165, 1.54) is 11.8 Å². The predicted molar refractivity (Wildman–Crippen MR) is 52.3 cm³/mol. The summed E-state index contributed by atoms with van der Waals surface area (Å²) < 4.78 is 0. The summed E-state index contributed by atoms with van der Waals surface area (Å²) in [7, 11) is 0. The zero-order chi connectivity index (χ0) is 9.40. The number of carbonyl (C=O) groups is 2. The molecule has 3 heteroatoms. The van der Waals surface area contributed by atoms with Crippen LogP contribution in [-0.2, 0) is 9.59 Å². The Kier molecular flexibility index (Phi) is 7.16. The van der Waals surface area contributed by atoms with Crippen LogP contribution in [0.1, 0.15) is 39.5 Å². The van der Waals surface area contributed by atoms with Crippen LogP contribution in [0.15, 0.2) is 0 Å². The molecule has 0 radical (unpaired) electrons. The number of ketones is 1. The first-order valence-electron chi connectivity index (χ1n) is 4.38. The van der Waals surface area contributed by atoms with Gasteiger partial charge in [0.1, 0.15) is 5.78 Å². The number of Topliss-reactive ketones (excluding diaryl/α,β-unsaturated/α-hetero) is 1. The second-order valence-electron chi connectivity index (χ2n) is 2.62. The van der Waals surface area contributed by atoms with E-state index in [2.05, 4.69) is 0 Å². The summed E-state index contributed by atoms with van der Waals surface area (Å²) in [5.74, 6) is 0.850. The largest absolute Gasteiger partial charge is 0.299 e. The maximum Gasteiger partial charge on any atom is 0.196 e. The molecule has 2 nitrogen and oxygen atoms in total. The van der Waals surface area contributed by atoms with E-state index in [0.717, 1.165) is 18.6 Å². The van der Waals surface area contributed by atoms with Crippen LogP contribution in [0, 0.1) is 0 Å². The Bertz CT molecular complexity index is 155. The Balaban J connectivity index is 3.47. The fraction of sp³-hybridized carbons (Fsp3) is 0.778. The molecule has 12 heavy (non-hydrogen) atoms. The molecule has 0 unspecified atom stereocenters. The summed E-state index contributed by atoms with van der Waals surface area (Å²) in [6.45, 7) is 3.95. The molecule has 0 bridgehead atoms. The smallest absolute Gasteiger partial charge is 0.196 e. The molecule has 0 aromatic rings. The lowest BCUT2D eigenvalue weighted by atomic mass is 10.1. The van der Waals surface area contributed by atoms with Crippen molar-refractivity contribution in [2.24, 2.45) is 0 Å². The Morgan fingerprint density at radius 1 is 1.25 bits per heavy atom. The number of hydrogen-bond acceptors (Lipinski definition) is 3. The van der Waals surface area contributed by atoms with Gasteiger partial charge in [-0.05, 0) is 12.2 Å². The fourth-order valence-electron chi connectivity index (χ4n) is 0.835. The minimum Gasteiger partial charge on any atom is -0.299 e. The van der Waals surface area contributed by atoms with Crippen LogP contribution in [0.4, 0.5) is 0 Å². The van der Waals surface area contributed by atoms with Crippen LogP contribution < -0.4 is 0 Å². The lowest BCUT2D eigenvalue weighted by Crippen LogP contribution is -2.04. The van der Waals surface area contributed by atoms with E-state index in [-0.39, 0.29) is 17.3 Å². The van der Waals surface area contributed by atoms with Crippen LogP contribution in [0.3, 0.4) is 0 Å². The van der Waals surface area contributed by atoms with E-state index in [9.17, 15) is 9.59 Å². The van der Waals surface area contributed by atoms with E-state index >= 15 is 0 Å². The van der Waals surface area contributed by atoms with Crippen LogP contribution >= 0.6 is 11.8 Å². The second-order valence-corrected chi connectivity index (χ2v) is 3.95. The molecule has 0 aliphatic heterocycles. The molecule has 0 spiro atoms. The van der Waals surface area contributed by atoms with Crippen molar-refractivity contribution in [3.63, 3.8) is 0 Å². The first-order valence-corrected chi connectivity index (χ1v) is 5.36. The molecule has 0 heterocycles. The van der Waals surface area contributed by atoms with E-state index < -0.39 is 0 Å². The van der Waals surface area contributed by atoms with Gasteiger partial charge in [0.25, 0.3) is 0 Å². The van der Waals surface area contributed by atoms with Gasteiger partial charge in [-0.15, -0.1) is 0 Å². The lowest BCUT2D eigenvalue weighted by molar-refractivity contribution is -0.123. The number of unbranched alkanes of at least 4 members (excludes halogenated alkanes) is 1. The van der Waals surface area contributed by atoms with Crippen molar-refractivity contribution in [2.45, 2.75) is 39.5 Å². The third kappa shape index (κ3) is 6.40. The van der Waals surface area contributed by atoms with Gasteiger partial charge in [0, 0.05) is 6.42 Å². The fourth-order valence-corrected chi connectivity index (χ4v) is 1.42. The normalized spacial score (nSPS) is 9.83. The maximum absolute atomic E-state index is 11.1. The van der Waals surface area contributed by atoms with Gasteiger partial charge in [-0.2, -0.15) is 0 Å². The van der Waals surface area contributed by atoms with Crippen LogP contribution in [0.2, 0.25) is 0 Å². The number of rotatable bonds is 6. The summed E-state index contributed by atoms with van der Waals surface area (Å²) in [4.78, 5) is 22.0. The van der Waals surface area contributed by atoms with Gasteiger partial charge in [0.05, 0.1) is 6.42 Å². The summed E-state index contributed by atoms with van der Waals surface area (Å²) >= 11 is 1.23. The highest BCUT2D eigenvalue weighted by molar-refractivity contribution is 8.13. The molecule has 0 aliphatic rings. The highest BCUT2D eigenvalue weighted by atomic mass is 32.2. The molecule has 0 aromatic carbocycles. The monoisotopic (exact) mass is 188 g/mol. The Hall–Kier alpha value is -0.310. The van der Waals surface area contributed by atoms with Crippen molar-refractivity contribution in [3.8, 4) is 0 Å². The Labute approximate surface area is 78.1 Å². The Morgan fingerprint density at radius 3 is 2.42 bits per heavy atom. The molecule has 70 valence electrons.